The second-order valence-electron chi connectivity index (χ2n) is 4.45. The molecule has 94 valence electrons. The molecule has 1 fully saturated rings. The summed E-state index contributed by atoms with van der Waals surface area (Å²) in [6.45, 7) is 2.07. The molecule has 1 aliphatic carbocycles. The molecule has 1 saturated carbocycles. The zero-order valence-electron chi connectivity index (χ0n) is 10.1. The fourth-order valence-electron chi connectivity index (χ4n) is 2.43. The molecule has 1 aromatic rings. The van der Waals surface area contributed by atoms with Crippen LogP contribution in [0.5, 0.6) is 0 Å². The molecular formula is C12H18FN3O. The Kier molecular flexibility index (Phi) is 3.89. The molecule has 2 rings (SSSR count). The van der Waals surface area contributed by atoms with Gasteiger partial charge in [0.15, 0.2) is 11.6 Å². The van der Waals surface area contributed by atoms with Crippen LogP contribution < -0.4 is 4.90 Å². The Hall–Kier alpha value is -1.23. The molecule has 4 nitrogen and oxygen atoms in total. The van der Waals surface area contributed by atoms with Crippen LogP contribution >= 0.6 is 0 Å². The summed E-state index contributed by atoms with van der Waals surface area (Å²) in [6, 6.07) is 0.297. The van der Waals surface area contributed by atoms with E-state index >= 15 is 0 Å². The second kappa shape index (κ2) is 5.40. The van der Waals surface area contributed by atoms with E-state index in [1.54, 1.807) is 6.92 Å². The highest BCUT2D eigenvalue weighted by Crippen LogP contribution is 2.28. The predicted molar refractivity (Wildman–Crippen MR) is 63.4 cm³/mol. The van der Waals surface area contributed by atoms with Gasteiger partial charge in [-0.3, -0.25) is 0 Å². The molecule has 0 aliphatic heterocycles. The lowest BCUT2D eigenvalue weighted by Gasteiger charge is -2.29. The lowest BCUT2D eigenvalue weighted by atomic mass is 10.2. The number of aliphatic hydroxyl groups is 1. The van der Waals surface area contributed by atoms with Crippen molar-refractivity contribution in [2.75, 3.05) is 18.1 Å². The van der Waals surface area contributed by atoms with Crippen molar-refractivity contribution < 1.29 is 9.50 Å². The third-order valence-corrected chi connectivity index (χ3v) is 3.32. The lowest BCUT2D eigenvalue weighted by Crippen LogP contribution is -2.37. The fourth-order valence-corrected chi connectivity index (χ4v) is 2.43. The van der Waals surface area contributed by atoms with Gasteiger partial charge in [-0.1, -0.05) is 12.8 Å². The van der Waals surface area contributed by atoms with Crippen LogP contribution in [0, 0.1) is 12.7 Å². The lowest BCUT2D eigenvalue weighted by molar-refractivity contribution is 0.296. The van der Waals surface area contributed by atoms with Gasteiger partial charge in [-0.05, 0) is 19.8 Å². The Morgan fingerprint density at radius 2 is 2.12 bits per heavy atom. The molecule has 1 N–H and O–H groups in total. The topological polar surface area (TPSA) is 49.2 Å². The summed E-state index contributed by atoms with van der Waals surface area (Å²) in [5.41, 5.74) is 0.357. The number of rotatable bonds is 4. The van der Waals surface area contributed by atoms with Crippen molar-refractivity contribution in [2.24, 2.45) is 0 Å². The van der Waals surface area contributed by atoms with E-state index in [1.807, 2.05) is 4.90 Å². The van der Waals surface area contributed by atoms with Gasteiger partial charge < -0.3 is 10.0 Å². The Balaban J connectivity index is 2.27. The Labute approximate surface area is 101 Å². The Morgan fingerprint density at radius 1 is 1.41 bits per heavy atom. The van der Waals surface area contributed by atoms with E-state index < -0.39 is 0 Å². The van der Waals surface area contributed by atoms with Crippen molar-refractivity contribution in [1.29, 1.82) is 0 Å². The summed E-state index contributed by atoms with van der Waals surface area (Å²) in [7, 11) is 0. The average molecular weight is 239 g/mol. The summed E-state index contributed by atoms with van der Waals surface area (Å²) < 4.78 is 14.0. The smallest absolute Gasteiger partial charge is 0.186 e. The van der Waals surface area contributed by atoms with Gasteiger partial charge in [0.2, 0.25) is 0 Å². The molecule has 0 atom stereocenters. The summed E-state index contributed by atoms with van der Waals surface area (Å²) in [4.78, 5) is 9.75. The van der Waals surface area contributed by atoms with E-state index in [-0.39, 0.29) is 12.4 Å². The first kappa shape index (κ1) is 12.2. The van der Waals surface area contributed by atoms with Crippen LogP contribution in [0.3, 0.4) is 0 Å². The highest BCUT2D eigenvalue weighted by molar-refractivity contribution is 5.42. The average Bonchev–Trinajstić information content (AvgIpc) is 2.84. The minimum absolute atomic E-state index is 0.0129. The van der Waals surface area contributed by atoms with Crippen molar-refractivity contribution in [2.45, 2.75) is 38.6 Å². The maximum absolute atomic E-state index is 14.0. The molecule has 0 aromatic carbocycles. The molecule has 0 unspecified atom stereocenters. The first-order valence-electron chi connectivity index (χ1n) is 6.08. The van der Waals surface area contributed by atoms with Gasteiger partial charge in [-0.25, -0.2) is 14.4 Å². The van der Waals surface area contributed by atoms with E-state index in [4.69, 9.17) is 5.11 Å². The fraction of sp³-hybridized carbons (Fsp3) is 0.667. The van der Waals surface area contributed by atoms with Crippen molar-refractivity contribution in [3.8, 4) is 0 Å². The third-order valence-electron chi connectivity index (χ3n) is 3.32. The maximum atomic E-state index is 14.0. The summed E-state index contributed by atoms with van der Waals surface area (Å²) in [5, 5.41) is 9.11. The van der Waals surface area contributed by atoms with Gasteiger partial charge >= 0.3 is 0 Å². The van der Waals surface area contributed by atoms with Crippen LogP contribution in [0.4, 0.5) is 10.2 Å². The molecular weight excluding hydrogens is 221 g/mol. The normalized spacial score (nSPS) is 16.4. The molecule has 17 heavy (non-hydrogen) atoms. The molecule has 5 heteroatoms. The van der Waals surface area contributed by atoms with Gasteiger partial charge in [-0.2, -0.15) is 0 Å². The van der Waals surface area contributed by atoms with Crippen LogP contribution in [0.15, 0.2) is 6.33 Å². The van der Waals surface area contributed by atoms with Gasteiger partial charge in [0.25, 0.3) is 0 Å². The van der Waals surface area contributed by atoms with Gasteiger partial charge in [0.05, 0.1) is 12.3 Å². The molecule has 0 radical (unpaired) electrons. The first-order chi connectivity index (χ1) is 8.24. The number of halogens is 1. The predicted octanol–water partition coefficient (Wildman–Crippen LogP) is 1.67. The SMILES string of the molecule is Cc1ncnc(N(CCO)C2CCCC2)c1F. The molecule has 0 bridgehead atoms. The van der Waals surface area contributed by atoms with E-state index in [2.05, 4.69) is 9.97 Å². The van der Waals surface area contributed by atoms with Gasteiger partial charge in [0, 0.05) is 12.6 Å². The monoisotopic (exact) mass is 239 g/mol. The van der Waals surface area contributed by atoms with E-state index in [0.717, 1.165) is 25.7 Å². The number of nitrogens with zero attached hydrogens (tertiary/aromatic N) is 3. The second-order valence-corrected chi connectivity index (χ2v) is 4.45. The van der Waals surface area contributed by atoms with Gasteiger partial charge in [0.1, 0.15) is 6.33 Å². The maximum Gasteiger partial charge on any atom is 0.186 e. The van der Waals surface area contributed by atoms with E-state index in [0.29, 0.717) is 24.1 Å². The zero-order valence-corrected chi connectivity index (χ0v) is 10.1. The van der Waals surface area contributed by atoms with Crippen molar-refractivity contribution in [3.63, 3.8) is 0 Å². The highest BCUT2D eigenvalue weighted by atomic mass is 19.1. The van der Waals surface area contributed by atoms with Crippen LogP contribution in [0.25, 0.3) is 0 Å². The summed E-state index contributed by atoms with van der Waals surface area (Å²) >= 11 is 0. The number of hydrogen-bond acceptors (Lipinski definition) is 4. The minimum Gasteiger partial charge on any atom is -0.395 e. The summed E-state index contributed by atoms with van der Waals surface area (Å²) in [6.07, 6.45) is 5.80. The molecule has 1 aliphatic rings. The number of aromatic nitrogens is 2. The van der Waals surface area contributed by atoms with Crippen LogP contribution in [-0.4, -0.2) is 34.3 Å². The molecule has 0 amide bonds. The van der Waals surface area contributed by atoms with Crippen LogP contribution in [-0.2, 0) is 0 Å². The molecule has 1 aromatic heterocycles. The standard InChI is InChI=1S/C12H18FN3O/c1-9-11(13)12(15-8-14-9)16(6-7-17)10-4-2-3-5-10/h8,10,17H,2-7H2,1H3. The first-order valence-corrected chi connectivity index (χ1v) is 6.08. The van der Waals surface area contributed by atoms with E-state index in [1.165, 1.54) is 6.33 Å². The van der Waals surface area contributed by atoms with Crippen molar-refractivity contribution in [3.05, 3.63) is 17.8 Å². The highest BCUT2D eigenvalue weighted by Gasteiger charge is 2.26. The Bertz CT molecular complexity index is 380. The Morgan fingerprint density at radius 3 is 2.76 bits per heavy atom. The summed E-state index contributed by atoms with van der Waals surface area (Å²) in [5.74, 6) is -0.0358. The third kappa shape index (κ3) is 2.54. The minimum atomic E-state index is -0.368. The quantitative estimate of drug-likeness (QED) is 0.868. The number of anilines is 1. The molecule has 0 spiro atoms. The number of aryl methyl sites for hydroxylation is 1. The zero-order chi connectivity index (χ0) is 12.3. The molecule has 1 heterocycles. The van der Waals surface area contributed by atoms with Crippen LogP contribution in [0.1, 0.15) is 31.4 Å². The molecule has 0 saturated heterocycles. The number of hydrogen-bond donors (Lipinski definition) is 1. The number of aliphatic hydroxyl groups excluding tert-OH is 1. The largest absolute Gasteiger partial charge is 0.395 e. The van der Waals surface area contributed by atoms with Crippen molar-refractivity contribution >= 4 is 5.82 Å². The van der Waals surface area contributed by atoms with Crippen LogP contribution in [0.2, 0.25) is 0 Å². The van der Waals surface area contributed by atoms with E-state index in [9.17, 15) is 4.39 Å². The van der Waals surface area contributed by atoms with Crippen molar-refractivity contribution in [1.82, 2.24) is 9.97 Å². The van der Waals surface area contributed by atoms with Gasteiger partial charge in [-0.15, -0.1) is 0 Å².